The van der Waals surface area contributed by atoms with Crippen molar-refractivity contribution in [1.29, 1.82) is 0 Å². The zero-order valence-electron chi connectivity index (χ0n) is 9.44. The highest BCUT2D eigenvalue weighted by Gasteiger charge is 2.38. The molecule has 0 spiro atoms. The summed E-state index contributed by atoms with van der Waals surface area (Å²) >= 11 is 4.77. The van der Waals surface area contributed by atoms with Crippen LogP contribution in [0, 0.1) is 0 Å². The summed E-state index contributed by atoms with van der Waals surface area (Å²) in [5.41, 5.74) is 5.77. The summed E-state index contributed by atoms with van der Waals surface area (Å²) in [5, 5.41) is 0. The molecule has 3 nitrogen and oxygen atoms in total. The lowest BCUT2D eigenvalue weighted by Crippen LogP contribution is -2.36. The number of aromatic nitrogens is 1. The van der Waals surface area contributed by atoms with Gasteiger partial charge >= 0.3 is 6.18 Å². The number of nitrogens with zero attached hydrogens (tertiary/aromatic N) is 2. The monoisotopic (exact) mass is 275 g/mol. The SMILES string of the molecule is NC(=S)c1cccc(N(CC(F)(F)F)C2CC2)n1. The summed E-state index contributed by atoms with van der Waals surface area (Å²) in [6.45, 7) is -0.995. The van der Waals surface area contributed by atoms with Gasteiger partial charge in [-0.15, -0.1) is 0 Å². The molecule has 1 fully saturated rings. The minimum atomic E-state index is -4.25. The summed E-state index contributed by atoms with van der Waals surface area (Å²) in [7, 11) is 0. The van der Waals surface area contributed by atoms with E-state index >= 15 is 0 Å². The molecule has 18 heavy (non-hydrogen) atoms. The minimum Gasteiger partial charge on any atom is -0.388 e. The molecule has 0 unspecified atom stereocenters. The van der Waals surface area contributed by atoms with E-state index in [1.807, 2.05) is 0 Å². The third-order valence-electron chi connectivity index (χ3n) is 2.62. The molecule has 2 N–H and O–H groups in total. The van der Waals surface area contributed by atoms with Gasteiger partial charge in [-0.25, -0.2) is 4.98 Å². The Kier molecular flexibility index (Phi) is 3.43. The Morgan fingerprint density at radius 1 is 1.44 bits per heavy atom. The maximum atomic E-state index is 12.5. The van der Waals surface area contributed by atoms with E-state index in [2.05, 4.69) is 4.98 Å². The number of rotatable bonds is 4. The number of hydrogen-bond acceptors (Lipinski definition) is 3. The highest BCUT2D eigenvalue weighted by Crippen LogP contribution is 2.33. The maximum absolute atomic E-state index is 12.5. The lowest BCUT2D eigenvalue weighted by Gasteiger charge is -2.25. The Morgan fingerprint density at radius 2 is 2.11 bits per heavy atom. The first kappa shape index (κ1) is 13.1. The third-order valence-corrected chi connectivity index (χ3v) is 2.83. The first-order chi connectivity index (χ1) is 8.37. The molecule has 1 aromatic heterocycles. The molecule has 0 aromatic carbocycles. The Hall–Kier alpha value is -1.37. The lowest BCUT2D eigenvalue weighted by molar-refractivity contribution is -0.120. The molecule has 7 heteroatoms. The van der Waals surface area contributed by atoms with Gasteiger partial charge in [0, 0.05) is 6.04 Å². The molecule has 1 saturated carbocycles. The molecule has 1 heterocycles. The van der Waals surface area contributed by atoms with Crippen molar-refractivity contribution in [3.05, 3.63) is 23.9 Å². The molecule has 0 atom stereocenters. The number of hydrogen-bond donors (Lipinski definition) is 1. The van der Waals surface area contributed by atoms with Crippen molar-refractivity contribution in [2.24, 2.45) is 5.73 Å². The van der Waals surface area contributed by atoms with Gasteiger partial charge in [0.2, 0.25) is 0 Å². The van der Waals surface area contributed by atoms with Crippen LogP contribution in [0.25, 0.3) is 0 Å². The van der Waals surface area contributed by atoms with E-state index in [-0.39, 0.29) is 16.8 Å². The van der Waals surface area contributed by atoms with Gasteiger partial charge in [0.1, 0.15) is 17.4 Å². The number of thiocarbonyl (C=S) groups is 1. The first-order valence-electron chi connectivity index (χ1n) is 5.47. The Labute approximate surface area is 108 Å². The van der Waals surface area contributed by atoms with E-state index in [1.165, 1.54) is 4.90 Å². The summed E-state index contributed by atoms with van der Waals surface area (Å²) < 4.78 is 37.6. The Balaban J connectivity index is 2.25. The van der Waals surface area contributed by atoms with E-state index in [9.17, 15) is 13.2 Å². The molecular formula is C11H12F3N3S. The van der Waals surface area contributed by atoms with Crippen LogP contribution in [0.15, 0.2) is 18.2 Å². The molecule has 1 aromatic rings. The molecule has 2 rings (SSSR count). The Bertz CT molecular complexity index is 457. The zero-order valence-corrected chi connectivity index (χ0v) is 10.3. The minimum absolute atomic E-state index is 0.0827. The lowest BCUT2D eigenvalue weighted by atomic mass is 10.3. The van der Waals surface area contributed by atoms with Gasteiger partial charge in [-0.05, 0) is 25.0 Å². The van der Waals surface area contributed by atoms with E-state index in [0.29, 0.717) is 5.69 Å². The van der Waals surface area contributed by atoms with Crippen LogP contribution in [-0.4, -0.2) is 28.7 Å². The van der Waals surface area contributed by atoms with Crippen molar-refractivity contribution >= 4 is 23.0 Å². The predicted molar refractivity (Wildman–Crippen MR) is 66.5 cm³/mol. The molecule has 0 amide bonds. The molecule has 0 aliphatic heterocycles. The largest absolute Gasteiger partial charge is 0.405 e. The molecule has 1 aliphatic carbocycles. The topological polar surface area (TPSA) is 42.1 Å². The second kappa shape index (κ2) is 4.72. The molecule has 0 bridgehead atoms. The smallest absolute Gasteiger partial charge is 0.388 e. The fraction of sp³-hybridized carbons (Fsp3) is 0.455. The van der Waals surface area contributed by atoms with E-state index in [0.717, 1.165) is 12.8 Å². The quantitative estimate of drug-likeness (QED) is 0.856. The fourth-order valence-electron chi connectivity index (χ4n) is 1.70. The van der Waals surface area contributed by atoms with E-state index in [4.69, 9.17) is 18.0 Å². The van der Waals surface area contributed by atoms with Crippen LogP contribution in [0.4, 0.5) is 19.0 Å². The fourth-order valence-corrected chi connectivity index (χ4v) is 1.81. The summed E-state index contributed by atoms with van der Waals surface area (Å²) in [5.74, 6) is 0.278. The van der Waals surface area contributed by atoms with Crippen LogP contribution in [0.5, 0.6) is 0 Å². The number of alkyl halides is 3. The van der Waals surface area contributed by atoms with Crippen molar-refractivity contribution in [3.63, 3.8) is 0 Å². The van der Waals surface area contributed by atoms with Gasteiger partial charge < -0.3 is 10.6 Å². The van der Waals surface area contributed by atoms with Gasteiger partial charge in [0.05, 0.1) is 5.69 Å². The standard InChI is InChI=1S/C11H12F3N3S/c12-11(13,14)6-17(7-4-5-7)9-3-1-2-8(16-9)10(15)18/h1-3,7H,4-6H2,(H2,15,18). The molecule has 1 aliphatic rings. The second-order valence-corrected chi connectivity index (χ2v) is 4.66. The molecule has 98 valence electrons. The van der Waals surface area contributed by atoms with E-state index in [1.54, 1.807) is 18.2 Å². The van der Waals surface area contributed by atoms with Crippen LogP contribution < -0.4 is 10.6 Å². The number of anilines is 1. The number of nitrogens with two attached hydrogens (primary N) is 1. The highest BCUT2D eigenvalue weighted by atomic mass is 32.1. The van der Waals surface area contributed by atoms with Crippen molar-refractivity contribution in [3.8, 4) is 0 Å². The predicted octanol–water partition coefficient (Wildman–Crippen LogP) is 2.25. The van der Waals surface area contributed by atoms with Crippen molar-refractivity contribution < 1.29 is 13.2 Å². The van der Waals surface area contributed by atoms with Gasteiger partial charge in [0.25, 0.3) is 0 Å². The molecular weight excluding hydrogens is 263 g/mol. The Morgan fingerprint density at radius 3 is 2.61 bits per heavy atom. The van der Waals surface area contributed by atoms with Crippen LogP contribution >= 0.6 is 12.2 Å². The van der Waals surface area contributed by atoms with Crippen molar-refractivity contribution in [1.82, 2.24) is 4.98 Å². The van der Waals surface area contributed by atoms with Crippen molar-refractivity contribution in [2.75, 3.05) is 11.4 Å². The van der Waals surface area contributed by atoms with Gasteiger partial charge in [0.15, 0.2) is 0 Å². The second-order valence-electron chi connectivity index (χ2n) is 4.22. The van der Waals surface area contributed by atoms with Crippen LogP contribution in [-0.2, 0) is 0 Å². The number of halogens is 3. The zero-order chi connectivity index (χ0) is 13.3. The van der Waals surface area contributed by atoms with Crippen LogP contribution in [0.1, 0.15) is 18.5 Å². The average Bonchev–Trinajstić information content (AvgIpc) is 3.08. The normalized spacial score (nSPS) is 15.5. The van der Waals surface area contributed by atoms with Gasteiger partial charge in [-0.3, -0.25) is 0 Å². The first-order valence-corrected chi connectivity index (χ1v) is 5.88. The highest BCUT2D eigenvalue weighted by molar-refractivity contribution is 7.80. The summed E-state index contributed by atoms with van der Waals surface area (Å²) in [6.07, 6.45) is -2.73. The summed E-state index contributed by atoms with van der Waals surface area (Å²) in [6, 6.07) is 4.67. The van der Waals surface area contributed by atoms with Crippen LogP contribution in [0.3, 0.4) is 0 Å². The third kappa shape index (κ3) is 3.32. The summed E-state index contributed by atoms with van der Waals surface area (Å²) in [4.78, 5) is 5.43. The maximum Gasteiger partial charge on any atom is 0.405 e. The average molecular weight is 275 g/mol. The van der Waals surface area contributed by atoms with Gasteiger partial charge in [-0.2, -0.15) is 13.2 Å². The van der Waals surface area contributed by atoms with Crippen molar-refractivity contribution in [2.45, 2.75) is 25.1 Å². The molecule has 0 radical (unpaired) electrons. The number of pyridine rings is 1. The van der Waals surface area contributed by atoms with E-state index < -0.39 is 12.7 Å². The van der Waals surface area contributed by atoms with Gasteiger partial charge in [-0.1, -0.05) is 18.3 Å². The van der Waals surface area contributed by atoms with Crippen LogP contribution in [0.2, 0.25) is 0 Å². The molecule has 0 saturated heterocycles.